The predicted octanol–water partition coefficient (Wildman–Crippen LogP) is 4.81. The Morgan fingerprint density at radius 2 is 1.57 bits per heavy atom. The van der Waals surface area contributed by atoms with Crippen LogP contribution in [0.4, 0.5) is 0 Å². The molecule has 1 N–H and O–H groups in total. The van der Waals surface area contributed by atoms with Crippen molar-refractivity contribution in [1.82, 2.24) is 19.2 Å². The number of carbonyl (C=O) groups is 1. The number of H-pyrrole nitrogens is 1. The van der Waals surface area contributed by atoms with Crippen molar-refractivity contribution in [3.63, 3.8) is 0 Å². The third-order valence-corrected chi connectivity index (χ3v) is 8.43. The lowest BCUT2D eigenvalue weighted by Gasteiger charge is -2.43. The Labute approximate surface area is 209 Å². The summed E-state index contributed by atoms with van der Waals surface area (Å²) in [6.45, 7) is 4.19. The van der Waals surface area contributed by atoms with E-state index in [1.807, 2.05) is 50.2 Å². The molecule has 0 unspecified atom stereocenters. The van der Waals surface area contributed by atoms with Crippen LogP contribution in [-0.2, 0) is 10.0 Å². The van der Waals surface area contributed by atoms with Crippen LogP contribution >= 0.6 is 11.6 Å². The van der Waals surface area contributed by atoms with E-state index in [9.17, 15) is 13.2 Å². The normalized spacial score (nSPS) is 19.2. The molecule has 2 aromatic carbocycles. The highest BCUT2D eigenvalue weighted by molar-refractivity contribution is 7.89. The maximum absolute atomic E-state index is 13.4. The fourth-order valence-electron chi connectivity index (χ4n) is 4.72. The smallest absolute Gasteiger partial charge is 0.258 e. The molecule has 0 radical (unpaired) electrons. The minimum absolute atomic E-state index is 0.108. The zero-order valence-electron chi connectivity index (χ0n) is 19.3. The molecule has 0 aliphatic carbocycles. The number of hydrogen-bond acceptors (Lipinski definition) is 4. The van der Waals surface area contributed by atoms with Gasteiger partial charge in [-0.2, -0.15) is 4.31 Å². The fraction of sp³-hybridized carbons (Fsp3) is 0.231. The second-order valence-electron chi connectivity index (χ2n) is 8.91. The summed E-state index contributed by atoms with van der Waals surface area (Å²) in [5.41, 5.74) is 3.31. The minimum atomic E-state index is -3.76. The van der Waals surface area contributed by atoms with Gasteiger partial charge in [0.1, 0.15) is 5.03 Å². The molecule has 1 amide bonds. The first kappa shape index (κ1) is 23.5. The predicted molar refractivity (Wildman–Crippen MR) is 137 cm³/mol. The van der Waals surface area contributed by atoms with Gasteiger partial charge in [0.25, 0.3) is 15.9 Å². The van der Waals surface area contributed by atoms with Crippen molar-refractivity contribution in [1.29, 1.82) is 0 Å². The van der Waals surface area contributed by atoms with Crippen LogP contribution in [0.3, 0.4) is 0 Å². The standard InChI is InChI=1S/C26H25ClN4O3S/c1-17-15-30(35(33,34)25-14-22-13-23(27)7-8-24(22)29-25)16-18(2)31(17)26(32)21-5-3-19(4-6-21)20-9-11-28-12-10-20/h3-14,17-18,29H,15-16H2,1-2H3/t17-,18+. The SMILES string of the molecule is C[C@@H]1CN(S(=O)(=O)c2cc3cc(Cl)ccc3[nH]2)C[C@H](C)N1C(=O)c1ccc(-c2ccncc2)cc1. The molecular weight excluding hydrogens is 484 g/mol. The monoisotopic (exact) mass is 508 g/mol. The molecule has 1 saturated heterocycles. The van der Waals surface area contributed by atoms with Gasteiger partial charge < -0.3 is 9.88 Å². The number of halogens is 1. The Balaban J connectivity index is 1.34. The first-order chi connectivity index (χ1) is 16.7. The van der Waals surface area contributed by atoms with E-state index in [1.54, 1.807) is 41.6 Å². The Kier molecular flexibility index (Phi) is 6.13. The average molecular weight is 509 g/mol. The van der Waals surface area contributed by atoms with E-state index in [0.717, 1.165) is 16.5 Å². The highest BCUT2D eigenvalue weighted by Crippen LogP contribution is 2.28. The number of carbonyl (C=O) groups excluding carboxylic acids is 1. The maximum Gasteiger partial charge on any atom is 0.258 e. The van der Waals surface area contributed by atoms with Crippen molar-refractivity contribution in [3.8, 4) is 11.1 Å². The molecule has 0 spiro atoms. The van der Waals surface area contributed by atoms with E-state index in [0.29, 0.717) is 16.1 Å². The molecule has 1 aliphatic rings. The van der Waals surface area contributed by atoms with Crippen molar-refractivity contribution in [2.45, 2.75) is 31.0 Å². The van der Waals surface area contributed by atoms with E-state index in [-0.39, 0.29) is 36.1 Å². The van der Waals surface area contributed by atoms with Crippen LogP contribution in [0.5, 0.6) is 0 Å². The lowest BCUT2D eigenvalue weighted by molar-refractivity contribution is 0.0440. The number of aromatic nitrogens is 2. The Morgan fingerprint density at radius 3 is 2.23 bits per heavy atom. The van der Waals surface area contributed by atoms with E-state index in [1.165, 1.54) is 4.31 Å². The van der Waals surface area contributed by atoms with E-state index < -0.39 is 10.0 Å². The van der Waals surface area contributed by atoms with Crippen molar-refractivity contribution in [2.75, 3.05) is 13.1 Å². The molecule has 2 aromatic heterocycles. The minimum Gasteiger partial charge on any atom is -0.345 e. The van der Waals surface area contributed by atoms with Crippen LogP contribution in [0, 0.1) is 0 Å². The zero-order valence-corrected chi connectivity index (χ0v) is 20.9. The molecule has 1 fully saturated rings. The molecule has 0 bridgehead atoms. The van der Waals surface area contributed by atoms with Crippen LogP contribution in [-0.4, -0.2) is 58.7 Å². The molecule has 180 valence electrons. The van der Waals surface area contributed by atoms with Crippen molar-refractivity contribution in [2.24, 2.45) is 0 Å². The summed E-state index contributed by atoms with van der Waals surface area (Å²) >= 11 is 6.05. The molecule has 1 aliphatic heterocycles. The number of rotatable bonds is 4. The summed E-state index contributed by atoms with van der Waals surface area (Å²) in [5, 5.41) is 1.41. The number of fused-ring (bicyclic) bond motifs is 1. The third-order valence-electron chi connectivity index (χ3n) is 6.44. The van der Waals surface area contributed by atoms with Crippen LogP contribution in [0.2, 0.25) is 5.02 Å². The maximum atomic E-state index is 13.4. The molecule has 35 heavy (non-hydrogen) atoms. The Bertz CT molecular complexity index is 1470. The van der Waals surface area contributed by atoms with Gasteiger partial charge in [0, 0.05) is 59.1 Å². The molecule has 9 heteroatoms. The molecule has 5 rings (SSSR count). The lowest BCUT2D eigenvalue weighted by atomic mass is 10.0. The lowest BCUT2D eigenvalue weighted by Crippen LogP contribution is -2.59. The Hall–Kier alpha value is -3.20. The second kappa shape index (κ2) is 9.11. The van der Waals surface area contributed by atoms with Gasteiger partial charge in [-0.05, 0) is 73.5 Å². The van der Waals surface area contributed by atoms with Crippen LogP contribution in [0.25, 0.3) is 22.0 Å². The first-order valence-corrected chi connectivity index (χ1v) is 13.2. The number of benzene rings is 2. The zero-order chi connectivity index (χ0) is 24.7. The second-order valence-corrected chi connectivity index (χ2v) is 11.3. The highest BCUT2D eigenvalue weighted by Gasteiger charge is 2.39. The number of nitrogens with one attached hydrogen (secondary N) is 1. The number of hydrogen-bond donors (Lipinski definition) is 1. The molecule has 3 heterocycles. The summed E-state index contributed by atoms with van der Waals surface area (Å²) in [6.07, 6.45) is 3.46. The number of piperazine rings is 1. The van der Waals surface area contributed by atoms with Gasteiger partial charge in [0.2, 0.25) is 0 Å². The van der Waals surface area contributed by atoms with Crippen molar-refractivity contribution < 1.29 is 13.2 Å². The number of nitrogens with zero attached hydrogens (tertiary/aromatic N) is 3. The topological polar surface area (TPSA) is 86.4 Å². The summed E-state index contributed by atoms with van der Waals surface area (Å²) in [6, 6.07) is 17.5. The average Bonchev–Trinajstić information content (AvgIpc) is 3.28. The highest BCUT2D eigenvalue weighted by atomic mass is 35.5. The van der Waals surface area contributed by atoms with E-state index in [2.05, 4.69) is 9.97 Å². The van der Waals surface area contributed by atoms with Gasteiger partial charge in [-0.1, -0.05) is 23.7 Å². The summed E-state index contributed by atoms with van der Waals surface area (Å²) in [5.74, 6) is -0.108. The number of pyridine rings is 1. The first-order valence-electron chi connectivity index (χ1n) is 11.4. The van der Waals surface area contributed by atoms with Gasteiger partial charge in [0.05, 0.1) is 0 Å². The van der Waals surface area contributed by atoms with E-state index >= 15 is 0 Å². The molecule has 4 aromatic rings. The van der Waals surface area contributed by atoms with Gasteiger partial charge in [-0.3, -0.25) is 9.78 Å². The molecular formula is C26H25ClN4O3S. The molecule has 0 saturated carbocycles. The van der Waals surface area contributed by atoms with Crippen LogP contribution < -0.4 is 0 Å². The quantitative estimate of drug-likeness (QED) is 0.428. The van der Waals surface area contributed by atoms with Gasteiger partial charge >= 0.3 is 0 Å². The number of aromatic amines is 1. The van der Waals surface area contributed by atoms with Crippen LogP contribution in [0.15, 0.2) is 78.1 Å². The summed E-state index contributed by atoms with van der Waals surface area (Å²) in [7, 11) is -3.76. The van der Waals surface area contributed by atoms with Crippen molar-refractivity contribution in [3.05, 3.63) is 83.6 Å². The number of sulfonamides is 1. The molecule has 2 atom stereocenters. The van der Waals surface area contributed by atoms with E-state index in [4.69, 9.17) is 11.6 Å². The van der Waals surface area contributed by atoms with Crippen molar-refractivity contribution >= 4 is 38.4 Å². The summed E-state index contributed by atoms with van der Waals surface area (Å²) < 4.78 is 28.3. The molecule has 7 nitrogen and oxygen atoms in total. The van der Waals surface area contributed by atoms with Gasteiger partial charge in [-0.15, -0.1) is 0 Å². The Morgan fingerprint density at radius 1 is 0.943 bits per heavy atom. The van der Waals surface area contributed by atoms with Gasteiger partial charge in [-0.25, -0.2) is 8.42 Å². The van der Waals surface area contributed by atoms with Crippen LogP contribution in [0.1, 0.15) is 24.2 Å². The van der Waals surface area contributed by atoms with Gasteiger partial charge in [0.15, 0.2) is 0 Å². The fourth-order valence-corrected chi connectivity index (χ4v) is 6.52. The third kappa shape index (κ3) is 4.45. The summed E-state index contributed by atoms with van der Waals surface area (Å²) in [4.78, 5) is 22.2. The number of amides is 1. The largest absolute Gasteiger partial charge is 0.345 e.